The van der Waals surface area contributed by atoms with Gasteiger partial charge in [0.2, 0.25) is 11.8 Å². The molecule has 0 radical (unpaired) electrons. The van der Waals surface area contributed by atoms with E-state index in [1.54, 1.807) is 16.9 Å². The zero-order valence-corrected chi connectivity index (χ0v) is 24.6. The normalized spacial score (nSPS) is 21.0. The van der Waals surface area contributed by atoms with Crippen LogP contribution in [-0.4, -0.2) is 74.8 Å². The van der Waals surface area contributed by atoms with E-state index in [4.69, 9.17) is 4.52 Å². The number of nitrogens with zero attached hydrogens (tertiary/aromatic N) is 5. The van der Waals surface area contributed by atoms with Gasteiger partial charge < -0.3 is 29.5 Å². The summed E-state index contributed by atoms with van der Waals surface area (Å²) in [6.45, 7) is 7.23. The number of hydrogen-bond donors (Lipinski definition) is 2. The van der Waals surface area contributed by atoms with Crippen molar-refractivity contribution in [3.05, 3.63) is 53.9 Å². The molecule has 1 aromatic carbocycles. The standard InChI is InChI=1S/C31H40N6O5/c1-19(2)29(27-16-28(34-42-27)36-13-10-21(18-38)11-14-36)31(41)37-17-24(39)15-26(37)30(40)33-20(3)22-5-7-23(8-6-22)25-9-12-32-35(25)4/h5-9,12,16,18-21,24,26,29,39H,10-11,13-15,17H2,1-4H3,(H,33,40)/t20-,24+,26-,29?/m0/s1. The molecule has 0 spiro atoms. The second-order valence-electron chi connectivity index (χ2n) is 11.9. The summed E-state index contributed by atoms with van der Waals surface area (Å²) < 4.78 is 7.49. The molecule has 0 saturated carbocycles. The number of aldehydes is 1. The van der Waals surface area contributed by atoms with Gasteiger partial charge in [0, 0.05) is 51.3 Å². The molecule has 11 heteroatoms. The lowest BCUT2D eigenvalue weighted by molar-refractivity contribution is -0.141. The number of rotatable bonds is 9. The van der Waals surface area contributed by atoms with E-state index in [1.165, 1.54) is 4.90 Å². The van der Waals surface area contributed by atoms with E-state index >= 15 is 0 Å². The number of carbonyl (C=O) groups excluding carboxylic acids is 3. The van der Waals surface area contributed by atoms with Gasteiger partial charge in [0.15, 0.2) is 11.6 Å². The first kappa shape index (κ1) is 29.5. The number of carbonyl (C=O) groups is 3. The molecule has 1 unspecified atom stereocenters. The average molecular weight is 577 g/mol. The quantitative estimate of drug-likeness (QED) is 0.371. The number of anilines is 1. The first-order valence-electron chi connectivity index (χ1n) is 14.7. The Kier molecular flexibility index (Phi) is 8.77. The predicted molar refractivity (Wildman–Crippen MR) is 156 cm³/mol. The van der Waals surface area contributed by atoms with E-state index in [9.17, 15) is 19.5 Å². The molecule has 0 bridgehead atoms. The number of piperidine rings is 1. The smallest absolute Gasteiger partial charge is 0.243 e. The van der Waals surface area contributed by atoms with Gasteiger partial charge in [-0.3, -0.25) is 14.3 Å². The third-order valence-corrected chi connectivity index (χ3v) is 8.56. The van der Waals surface area contributed by atoms with Gasteiger partial charge in [-0.2, -0.15) is 5.10 Å². The number of likely N-dealkylation sites (tertiary alicyclic amines) is 1. The Morgan fingerprint density at radius 2 is 1.83 bits per heavy atom. The summed E-state index contributed by atoms with van der Waals surface area (Å²) in [5, 5.41) is 22.0. The van der Waals surface area contributed by atoms with E-state index in [1.807, 2.05) is 58.2 Å². The second-order valence-corrected chi connectivity index (χ2v) is 11.9. The van der Waals surface area contributed by atoms with Crippen LogP contribution in [0, 0.1) is 11.8 Å². The summed E-state index contributed by atoms with van der Waals surface area (Å²) in [6.07, 6.45) is 3.65. The van der Waals surface area contributed by atoms with Crippen molar-refractivity contribution in [1.29, 1.82) is 0 Å². The molecular weight excluding hydrogens is 536 g/mol. The van der Waals surface area contributed by atoms with Crippen LogP contribution in [0.3, 0.4) is 0 Å². The van der Waals surface area contributed by atoms with Gasteiger partial charge in [0.1, 0.15) is 18.2 Å². The van der Waals surface area contributed by atoms with Gasteiger partial charge in [-0.25, -0.2) is 0 Å². The molecule has 42 heavy (non-hydrogen) atoms. The van der Waals surface area contributed by atoms with Crippen LogP contribution in [0.15, 0.2) is 47.1 Å². The fourth-order valence-corrected chi connectivity index (χ4v) is 6.05. The first-order chi connectivity index (χ1) is 20.2. The van der Waals surface area contributed by atoms with Gasteiger partial charge in [-0.1, -0.05) is 43.3 Å². The number of amides is 2. The van der Waals surface area contributed by atoms with Crippen molar-refractivity contribution >= 4 is 23.9 Å². The molecule has 2 aliphatic rings. The van der Waals surface area contributed by atoms with Crippen molar-refractivity contribution in [3.8, 4) is 11.3 Å². The molecule has 2 saturated heterocycles. The van der Waals surface area contributed by atoms with E-state index in [-0.39, 0.29) is 42.7 Å². The molecule has 5 rings (SSSR count). The maximum Gasteiger partial charge on any atom is 0.243 e. The number of aliphatic hydroxyl groups is 1. The first-order valence-corrected chi connectivity index (χ1v) is 14.7. The molecular formula is C31H40N6O5. The Bertz CT molecular complexity index is 1390. The molecule has 2 fully saturated rings. The number of aromatic nitrogens is 3. The van der Waals surface area contributed by atoms with Crippen molar-refractivity contribution in [2.75, 3.05) is 24.5 Å². The van der Waals surface area contributed by atoms with Crippen LogP contribution >= 0.6 is 0 Å². The molecule has 4 atom stereocenters. The lowest BCUT2D eigenvalue weighted by atomic mass is 9.91. The highest BCUT2D eigenvalue weighted by Crippen LogP contribution is 2.33. The highest BCUT2D eigenvalue weighted by molar-refractivity contribution is 5.91. The van der Waals surface area contributed by atoms with E-state index < -0.39 is 18.1 Å². The van der Waals surface area contributed by atoms with Crippen LogP contribution in [0.25, 0.3) is 11.3 Å². The molecule has 2 amide bonds. The number of hydrogen-bond acceptors (Lipinski definition) is 8. The summed E-state index contributed by atoms with van der Waals surface area (Å²) in [7, 11) is 1.89. The zero-order valence-electron chi connectivity index (χ0n) is 24.6. The number of aliphatic hydroxyl groups excluding tert-OH is 1. The number of nitrogens with one attached hydrogen (secondary N) is 1. The van der Waals surface area contributed by atoms with Crippen molar-refractivity contribution in [2.24, 2.45) is 18.9 Å². The molecule has 4 heterocycles. The average Bonchev–Trinajstić information content (AvgIpc) is 3.73. The van der Waals surface area contributed by atoms with Crippen LogP contribution in [0.2, 0.25) is 0 Å². The molecule has 3 aromatic rings. The molecule has 2 N–H and O–H groups in total. The minimum Gasteiger partial charge on any atom is -0.391 e. The van der Waals surface area contributed by atoms with Gasteiger partial charge in [0.25, 0.3) is 0 Å². The van der Waals surface area contributed by atoms with Crippen LogP contribution in [0.4, 0.5) is 5.82 Å². The van der Waals surface area contributed by atoms with Crippen molar-refractivity contribution in [2.45, 2.75) is 64.1 Å². The summed E-state index contributed by atoms with van der Waals surface area (Å²) in [6, 6.07) is 10.6. The number of aryl methyl sites for hydroxylation is 1. The fourth-order valence-electron chi connectivity index (χ4n) is 6.05. The molecule has 2 aromatic heterocycles. The van der Waals surface area contributed by atoms with Gasteiger partial charge >= 0.3 is 0 Å². The highest BCUT2D eigenvalue weighted by Gasteiger charge is 2.43. The Morgan fingerprint density at radius 3 is 2.45 bits per heavy atom. The Labute approximate surface area is 245 Å². The third kappa shape index (κ3) is 6.11. The largest absolute Gasteiger partial charge is 0.391 e. The number of β-amino-alcohol motifs (C(OH)–C–C–N with tert-alkyl or cyclic N) is 1. The summed E-state index contributed by atoms with van der Waals surface area (Å²) >= 11 is 0. The minimum atomic E-state index is -0.797. The molecule has 11 nitrogen and oxygen atoms in total. The SMILES string of the molecule is CC(C)C(C(=O)N1C[C@H](O)C[C@H]1C(=O)N[C@@H](C)c1ccc(-c2ccnn2C)cc1)c1cc(N2CCC(C=O)CC2)no1. The zero-order chi connectivity index (χ0) is 30.0. The third-order valence-electron chi connectivity index (χ3n) is 8.56. The van der Waals surface area contributed by atoms with E-state index in [2.05, 4.69) is 20.5 Å². The van der Waals surface area contributed by atoms with Gasteiger partial charge in [-0.05, 0) is 42.9 Å². The predicted octanol–water partition coefficient (Wildman–Crippen LogP) is 3.07. The molecule has 224 valence electrons. The van der Waals surface area contributed by atoms with E-state index in [0.717, 1.165) is 35.9 Å². The second kappa shape index (κ2) is 12.5. The fraction of sp³-hybridized carbons (Fsp3) is 0.516. The van der Waals surface area contributed by atoms with Crippen LogP contribution < -0.4 is 10.2 Å². The Morgan fingerprint density at radius 1 is 1.12 bits per heavy atom. The monoisotopic (exact) mass is 576 g/mol. The summed E-state index contributed by atoms with van der Waals surface area (Å²) in [5.74, 6) is -0.208. The van der Waals surface area contributed by atoms with Crippen molar-refractivity contribution < 1.29 is 24.0 Å². The Balaban J connectivity index is 1.27. The molecule has 0 aliphatic carbocycles. The van der Waals surface area contributed by atoms with Crippen LogP contribution in [0.1, 0.15) is 63.3 Å². The Hall–Kier alpha value is -3.99. The van der Waals surface area contributed by atoms with Crippen LogP contribution in [-0.2, 0) is 21.4 Å². The maximum absolute atomic E-state index is 13.9. The molecule has 2 aliphatic heterocycles. The minimum absolute atomic E-state index is 0.0658. The van der Waals surface area contributed by atoms with Crippen molar-refractivity contribution in [3.63, 3.8) is 0 Å². The number of benzene rings is 1. The maximum atomic E-state index is 13.9. The summed E-state index contributed by atoms with van der Waals surface area (Å²) in [5.41, 5.74) is 2.94. The van der Waals surface area contributed by atoms with E-state index in [0.29, 0.717) is 24.7 Å². The lowest BCUT2D eigenvalue weighted by Gasteiger charge is -2.30. The highest BCUT2D eigenvalue weighted by atomic mass is 16.5. The summed E-state index contributed by atoms with van der Waals surface area (Å²) in [4.78, 5) is 42.1. The topological polar surface area (TPSA) is 134 Å². The van der Waals surface area contributed by atoms with Gasteiger partial charge in [-0.15, -0.1) is 0 Å². The van der Waals surface area contributed by atoms with Crippen molar-refractivity contribution in [1.82, 2.24) is 25.2 Å². The van der Waals surface area contributed by atoms with Crippen LogP contribution in [0.5, 0.6) is 0 Å². The lowest BCUT2D eigenvalue weighted by Crippen LogP contribution is -2.48. The van der Waals surface area contributed by atoms with Gasteiger partial charge in [0.05, 0.1) is 17.8 Å².